The van der Waals surface area contributed by atoms with Crippen LogP contribution in [0.5, 0.6) is 5.75 Å². The number of benzene rings is 1. The highest BCUT2D eigenvalue weighted by molar-refractivity contribution is 5.36. The second-order valence-electron chi connectivity index (χ2n) is 6.09. The van der Waals surface area contributed by atoms with Gasteiger partial charge in [0, 0.05) is 19.1 Å². The summed E-state index contributed by atoms with van der Waals surface area (Å²) in [4.78, 5) is 2.51. The summed E-state index contributed by atoms with van der Waals surface area (Å²) < 4.78 is 5.33. The first-order valence-electron chi connectivity index (χ1n) is 7.86. The fraction of sp³-hybridized carbons (Fsp3) is 0.647. The minimum absolute atomic E-state index is 0.125. The molecule has 0 unspecified atom stereocenters. The van der Waals surface area contributed by atoms with Crippen molar-refractivity contribution in [1.29, 1.82) is 0 Å². The summed E-state index contributed by atoms with van der Waals surface area (Å²) in [5, 5.41) is 10.3. The van der Waals surface area contributed by atoms with Crippen LogP contribution in [-0.2, 0) is 12.8 Å². The van der Waals surface area contributed by atoms with Gasteiger partial charge in [-0.3, -0.25) is 4.90 Å². The molecule has 3 nitrogen and oxygen atoms in total. The Morgan fingerprint density at radius 3 is 2.60 bits per heavy atom. The Hall–Kier alpha value is -1.06. The third-order valence-electron chi connectivity index (χ3n) is 4.91. The van der Waals surface area contributed by atoms with Crippen LogP contribution in [0.1, 0.15) is 36.8 Å². The maximum absolute atomic E-state index is 10.3. The summed E-state index contributed by atoms with van der Waals surface area (Å²) in [6, 6.07) is 6.81. The summed E-state index contributed by atoms with van der Waals surface area (Å²) in [5.41, 5.74) is 2.86. The van der Waals surface area contributed by atoms with Crippen molar-refractivity contribution in [3.63, 3.8) is 0 Å². The van der Waals surface area contributed by atoms with Gasteiger partial charge in [-0.25, -0.2) is 0 Å². The minimum atomic E-state index is -0.125. The van der Waals surface area contributed by atoms with Gasteiger partial charge in [0.2, 0.25) is 0 Å². The fourth-order valence-corrected chi connectivity index (χ4v) is 3.70. The maximum atomic E-state index is 10.3. The largest absolute Gasteiger partial charge is 0.497 e. The van der Waals surface area contributed by atoms with Crippen molar-refractivity contribution in [2.75, 3.05) is 20.2 Å². The van der Waals surface area contributed by atoms with Crippen LogP contribution in [0.4, 0.5) is 0 Å². The Labute approximate surface area is 121 Å². The van der Waals surface area contributed by atoms with Gasteiger partial charge in [-0.05, 0) is 48.9 Å². The lowest BCUT2D eigenvalue weighted by Gasteiger charge is -2.37. The molecule has 110 valence electrons. The molecule has 1 heterocycles. The van der Waals surface area contributed by atoms with E-state index in [4.69, 9.17) is 4.74 Å². The van der Waals surface area contributed by atoms with E-state index in [0.717, 1.165) is 44.5 Å². The molecule has 0 aromatic heterocycles. The van der Waals surface area contributed by atoms with E-state index < -0.39 is 0 Å². The molecule has 3 rings (SSSR count). The lowest BCUT2D eigenvalue weighted by Crippen LogP contribution is -2.46. The first-order valence-corrected chi connectivity index (χ1v) is 7.86. The summed E-state index contributed by atoms with van der Waals surface area (Å²) in [6.45, 7) is 2.13. The molecular weight excluding hydrogens is 250 g/mol. The average Bonchev–Trinajstić information content (AvgIpc) is 2.69. The van der Waals surface area contributed by atoms with Crippen molar-refractivity contribution < 1.29 is 9.84 Å². The van der Waals surface area contributed by atoms with Crippen LogP contribution < -0.4 is 4.74 Å². The van der Waals surface area contributed by atoms with Crippen LogP contribution in [0.25, 0.3) is 0 Å². The summed E-state index contributed by atoms with van der Waals surface area (Å²) >= 11 is 0. The molecule has 1 saturated carbocycles. The van der Waals surface area contributed by atoms with Gasteiger partial charge in [0.05, 0.1) is 13.2 Å². The Morgan fingerprint density at radius 1 is 1.10 bits per heavy atom. The molecule has 20 heavy (non-hydrogen) atoms. The predicted octanol–water partition coefficient (Wildman–Crippen LogP) is 2.40. The summed E-state index contributed by atoms with van der Waals surface area (Å²) in [7, 11) is 1.73. The standard InChI is InChI=1S/C17H25NO2/c1-20-15-7-6-13-8-10-18(11-9-14(13)12-15)16-4-2-3-5-17(16)19/h6-7,12,16-17,19H,2-5,8-11H2,1H3/t16-,17-/m1/s1. The molecule has 0 saturated heterocycles. The SMILES string of the molecule is COc1ccc2c(c1)CCN([C@@H]1CCCC[C@H]1O)CC2. The van der Waals surface area contributed by atoms with Crippen LogP contribution in [0.2, 0.25) is 0 Å². The number of aliphatic hydroxyl groups is 1. The quantitative estimate of drug-likeness (QED) is 0.899. The molecule has 1 aliphatic heterocycles. The normalized spacial score (nSPS) is 27.7. The molecule has 1 N–H and O–H groups in total. The molecule has 0 radical (unpaired) electrons. The molecule has 2 aliphatic rings. The molecule has 1 aromatic rings. The van der Waals surface area contributed by atoms with Gasteiger partial charge in [-0.2, -0.15) is 0 Å². The first kappa shape index (κ1) is 13.9. The number of ether oxygens (including phenoxy) is 1. The van der Waals surface area contributed by atoms with E-state index in [-0.39, 0.29) is 6.10 Å². The van der Waals surface area contributed by atoms with Gasteiger partial charge in [0.1, 0.15) is 5.75 Å². The van der Waals surface area contributed by atoms with Crippen molar-refractivity contribution in [2.45, 2.75) is 50.7 Å². The summed E-state index contributed by atoms with van der Waals surface area (Å²) in [5.74, 6) is 0.954. The van der Waals surface area contributed by atoms with Gasteiger partial charge < -0.3 is 9.84 Å². The molecule has 1 aromatic carbocycles. The molecule has 1 fully saturated rings. The van der Waals surface area contributed by atoms with E-state index in [1.807, 2.05) is 0 Å². The Kier molecular flexibility index (Phi) is 4.27. The fourth-order valence-electron chi connectivity index (χ4n) is 3.70. The zero-order chi connectivity index (χ0) is 13.9. The number of methoxy groups -OCH3 is 1. The van der Waals surface area contributed by atoms with E-state index >= 15 is 0 Å². The first-order chi connectivity index (χ1) is 9.78. The maximum Gasteiger partial charge on any atom is 0.119 e. The van der Waals surface area contributed by atoms with Crippen LogP contribution in [-0.4, -0.2) is 42.4 Å². The van der Waals surface area contributed by atoms with Crippen LogP contribution in [0.15, 0.2) is 18.2 Å². The Balaban J connectivity index is 1.71. The van der Waals surface area contributed by atoms with E-state index in [0.29, 0.717) is 6.04 Å². The summed E-state index contributed by atoms with van der Waals surface area (Å²) in [6.07, 6.45) is 6.60. The van der Waals surface area contributed by atoms with Gasteiger partial charge >= 0.3 is 0 Å². The van der Waals surface area contributed by atoms with Gasteiger partial charge in [0.25, 0.3) is 0 Å². The molecule has 1 aliphatic carbocycles. The molecule has 0 bridgehead atoms. The number of hydrogen-bond acceptors (Lipinski definition) is 3. The monoisotopic (exact) mass is 275 g/mol. The smallest absolute Gasteiger partial charge is 0.119 e. The molecule has 2 atom stereocenters. The molecular formula is C17H25NO2. The zero-order valence-corrected chi connectivity index (χ0v) is 12.3. The highest BCUT2D eigenvalue weighted by atomic mass is 16.5. The van der Waals surface area contributed by atoms with Crippen molar-refractivity contribution in [1.82, 2.24) is 4.90 Å². The third kappa shape index (κ3) is 2.84. The Bertz CT molecular complexity index is 460. The third-order valence-corrected chi connectivity index (χ3v) is 4.91. The van der Waals surface area contributed by atoms with Gasteiger partial charge in [-0.15, -0.1) is 0 Å². The topological polar surface area (TPSA) is 32.7 Å². The second kappa shape index (κ2) is 6.15. The highest BCUT2D eigenvalue weighted by Gasteiger charge is 2.29. The number of hydrogen-bond donors (Lipinski definition) is 1. The highest BCUT2D eigenvalue weighted by Crippen LogP contribution is 2.27. The van der Waals surface area contributed by atoms with Gasteiger partial charge in [0.15, 0.2) is 0 Å². The predicted molar refractivity (Wildman–Crippen MR) is 80.2 cm³/mol. The van der Waals surface area contributed by atoms with Crippen molar-refractivity contribution in [3.05, 3.63) is 29.3 Å². The molecule has 3 heteroatoms. The van der Waals surface area contributed by atoms with E-state index in [1.165, 1.54) is 24.0 Å². The van der Waals surface area contributed by atoms with E-state index in [9.17, 15) is 5.11 Å². The second-order valence-corrected chi connectivity index (χ2v) is 6.09. The van der Waals surface area contributed by atoms with Gasteiger partial charge in [-0.1, -0.05) is 18.9 Å². The van der Waals surface area contributed by atoms with Crippen molar-refractivity contribution in [2.24, 2.45) is 0 Å². The van der Waals surface area contributed by atoms with Crippen LogP contribution in [0, 0.1) is 0 Å². The lowest BCUT2D eigenvalue weighted by molar-refractivity contribution is 0.0217. The molecule has 0 spiro atoms. The number of aliphatic hydroxyl groups excluding tert-OH is 1. The van der Waals surface area contributed by atoms with Crippen LogP contribution >= 0.6 is 0 Å². The van der Waals surface area contributed by atoms with E-state index in [1.54, 1.807) is 7.11 Å². The number of nitrogens with zero attached hydrogens (tertiary/aromatic N) is 1. The van der Waals surface area contributed by atoms with E-state index in [2.05, 4.69) is 23.1 Å². The average molecular weight is 275 g/mol. The zero-order valence-electron chi connectivity index (χ0n) is 12.3. The van der Waals surface area contributed by atoms with Crippen molar-refractivity contribution in [3.8, 4) is 5.75 Å². The minimum Gasteiger partial charge on any atom is -0.497 e. The number of rotatable bonds is 2. The molecule has 0 amide bonds. The number of fused-ring (bicyclic) bond motifs is 1. The van der Waals surface area contributed by atoms with Crippen LogP contribution in [0.3, 0.4) is 0 Å². The lowest BCUT2D eigenvalue weighted by atomic mass is 9.91. The Morgan fingerprint density at radius 2 is 1.85 bits per heavy atom. The van der Waals surface area contributed by atoms with Crippen molar-refractivity contribution >= 4 is 0 Å².